The Bertz CT molecular complexity index is 756. The first-order chi connectivity index (χ1) is 9.95. The van der Waals surface area contributed by atoms with Gasteiger partial charge in [0, 0.05) is 41.7 Å². The van der Waals surface area contributed by atoms with Gasteiger partial charge < -0.3 is 4.90 Å². The van der Waals surface area contributed by atoms with E-state index in [2.05, 4.69) is 5.10 Å². The zero-order chi connectivity index (χ0) is 15.0. The molecule has 0 radical (unpaired) electrons. The lowest BCUT2D eigenvalue weighted by Gasteiger charge is -2.16. The van der Waals surface area contributed by atoms with E-state index in [0.29, 0.717) is 5.69 Å². The highest BCUT2D eigenvalue weighted by Crippen LogP contribution is 2.27. The summed E-state index contributed by atoms with van der Waals surface area (Å²) in [5.74, 6) is -0.240. The van der Waals surface area contributed by atoms with Crippen molar-refractivity contribution in [2.24, 2.45) is 0 Å². The largest absolute Gasteiger partial charge is 0.311 e. The molecule has 2 aromatic rings. The lowest BCUT2D eigenvalue weighted by Crippen LogP contribution is -2.26. The summed E-state index contributed by atoms with van der Waals surface area (Å²) in [5, 5.41) is 3.26. The van der Waals surface area contributed by atoms with Crippen LogP contribution in [0, 0.1) is 0 Å². The average molecular weight is 326 g/mol. The number of aromatic nitrogens is 2. The molecule has 1 atom stereocenters. The first-order valence-corrected chi connectivity index (χ1v) is 8.66. The van der Waals surface area contributed by atoms with Gasteiger partial charge in [0.15, 0.2) is 0 Å². The summed E-state index contributed by atoms with van der Waals surface area (Å²) in [5.41, 5.74) is 1.51. The summed E-state index contributed by atoms with van der Waals surface area (Å²) in [4.78, 5) is 13.4. The second-order valence-corrected chi connectivity index (χ2v) is 7.68. The molecule has 0 saturated carbocycles. The van der Waals surface area contributed by atoms with Gasteiger partial charge in [0.05, 0.1) is 5.69 Å². The van der Waals surface area contributed by atoms with E-state index in [0.717, 1.165) is 5.69 Å². The Hall–Kier alpha value is -1.86. The van der Waals surface area contributed by atoms with Gasteiger partial charge in [0.2, 0.25) is 15.0 Å². The molecule has 110 valence electrons. The third-order valence-electron chi connectivity index (χ3n) is 3.42. The summed E-state index contributed by atoms with van der Waals surface area (Å²) in [6.45, 7) is 0.0891. The molecule has 0 N–H and O–H groups in total. The van der Waals surface area contributed by atoms with Crippen LogP contribution in [0.15, 0.2) is 42.7 Å². The molecular formula is C13H12ClN3O3S. The number of benzene rings is 1. The fourth-order valence-corrected chi connectivity index (χ4v) is 3.35. The SMILES string of the molecule is O=C1CC(S(=O)(=O)Cl)CN1c1ccc(-n2cccn2)cc1. The van der Waals surface area contributed by atoms with Crippen molar-refractivity contribution in [1.82, 2.24) is 9.78 Å². The molecule has 21 heavy (non-hydrogen) atoms. The third kappa shape index (κ3) is 2.79. The van der Waals surface area contributed by atoms with Crippen molar-refractivity contribution >= 4 is 31.3 Å². The van der Waals surface area contributed by atoms with E-state index in [1.807, 2.05) is 24.4 Å². The summed E-state index contributed by atoms with van der Waals surface area (Å²) in [6.07, 6.45) is 3.41. The van der Waals surface area contributed by atoms with Gasteiger partial charge >= 0.3 is 0 Å². The molecule has 1 aliphatic rings. The second-order valence-electron chi connectivity index (χ2n) is 4.77. The minimum atomic E-state index is -3.72. The molecule has 1 aromatic carbocycles. The van der Waals surface area contributed by atoms with Crippen molar-refractivity contribution < 1.29 is 13.2 Å². The Morgan fingerprint density at radius 3 is 2.38 bits per heavy atom. The lowest BCUT2D eigenvalue weighted by molar-refractivity contribution is -0.117. The maximum absolute atomic E-state index is 11.9. The van der Waals surface area contributed by atoms with Crippen LogP contribution in [0.5, 0.6) is 0 Å². The first-order valence-electron chi connectivity index (χ1n) is 6.29. The Morgan fingerprint density at radius 2 is 1.86 bits per heavy atom. The van der Waals surface area contributed by atoms with Gasteiger partial charge in [-0.15, -0.1) is 0 Å². The van der Waals surface area contributed by atoms with Gasteiger partial charge in [-0.1, -0.05) is 0 Å². The second kappa shape index (κ2) is 5.16. The molecular weight excluding hydrogens is 314 g/mol. The Morgan fingerprint density at radius 1 is 1.19 bits per heavy atom. The summed E-state index contributed by atoms with van der Waals surface area (Å²) < 4.78 is 24.4. The molecule has 1 aliphatic heterocycles. The molecule has 1 aromatic heterocycles. The van der Waals surface area contributed by atoms with Gasteiger partial charge in [0.25, 0.3) is 0 Å². The Labute approximate surface area is 126 Å². The maximum Gasteiger partial charge on any atom is 0.237 e. The maximum atomic E-state index is 11.9. The van der Waals surface area contributed by atoms with Gasteiger partial charge in [-0.3, -0.25) is 4.79 Å². The van der Waals surface area contributed by atoms with Crippen LogP contribution in [-0.4, -0.2) is 35.9 Å². The highest BCUT2D eigenvalue weighted by Gasteiger charge is 2.37. The molecule has 3 rings (SSSR count). The van der Waals surface area contributed by atoms with Crippen LogP contribution < -0.4 is 4.90 Å². The zero-order valence-corrected chi connectivity index (χ0v) is 12.5. The molecule has 1 unspecified atom stereocenters. The van der Waals surface area contributed by atoms with E-state index < -0.39 is 14.3 Å². The fourth-order valence-electron chi connectivity index (χ4n) is 2.32. The molecule has 0 bridgehead atoms. The molecule has 6 nitrogen and oxygen atoms in total. The van der Waals surface area contributed by atoms with Crippen molar-refractivity contribution in [2.75, 3.05) is 11.4 Å². The van der Waals surface area contributed by atoms with Crippen LogP contribution >= 0.6 is 10.7 Å². The van der Waals surface area contributed by atoms with E-state index >= 15 is 0 Å². The number of amides is 1. The lowest BCUT2D eigenvalue weighted by atomic mass is 10.2. The average Bonchev–Trinajstić information content (AvgIpc) is 3.07. The molecule has 0 aliphatic carbocycles. The van der Waals surface area contributed by atoms with Crippen LogP contribution in [0.2, 0.25) is 0 Å². The van der Waals surface area contributed by atoms with Crippen molar-refractivity contribution in [3.8, 4) is 5.69 Å². The first kappa shape index (κ1) is 14.1. The third-order valence-corrected chi connectivity index (χ3v) is 5.29. The van der Waals surface area contributed by atoms with Crippen LogP contribution in [0.4, 0.5) is 5.69 Å². The van der Waals surface area contributed by atoms with E-state index in [9.17, 15) is 13.2 Å². The van der Waals surface area contributed by atoms with Gasteiger partial charge in [-0.05, 0) is 30.3 Å². The van der Waals surface area contributed by atoms with Crippen LogP contribution in [0.1, 0.15) is 6.42 Å². The number of anilines is 1. The smallest absolute Gasteiger partial charge is 0.237 e. The van der Waals surface area contributed by atoms with Gasteiger partial charge in [-0.25, -0.2) is 13.1 Å². The van der Waals surface area contributed by atoms with E-state index in [1.54, 1.807) is 23.0 Å². The minimum Gasteiger partial charge on any atom is -0.311 e. The normalized spacial score (nSPS) is 19.2. The molecule has 1 saturated heterocycles. The quantitative estimate of drug-likeness (QED) is 0.803. The molecule has 0 spiro atoms. The summed E-state index contributed by atoms with van der Waals surface area (Å²) >= 11 is 0. The zero-order valence-electron chi connectivity index (χ0n) is 10.9. The van der Waals surface area contributed by atoms with Crippen LogP contribution in [0.3, 0.4) is 0 Å². The van der Waals surface area contributed by atoms with Crippen molar-refractivity contribution in [3.05, 3.63) is 42.7 Å². The number of carbonyl (C=O) groups is 1. The highest BCUT2D eigenvalue weighted by atomic mass is 35.7. The molecule has 1 amide bonds. The fraction of sp³-hybridized carbons (Fsp3) is 0.231. The van der Waals surface area contributed by atoms with E-state index in [-0.39, 0.29) is 18.9 Å². The van der Waals surface area contributed by atoms with E-state index in [4.69, 9.17) is 10.7 Å². The van der Waals surface area contributed by atoms with E-state index in [1.165, 1.54) is 4.90 Å². The van der Waals surface area contributed by atoms with Crippen molar-refractivity contribution in [3.63, 3.8) is 0 Å². The monoisotopic (exact) mass is 325 g/mol. The topological polar surface area (TPSA) is 72.3 Å². The molecule has 2 heterocycles. The van der Waals surface area contributed by atoms with Gasteiger partial charge in [-0.2, -0.15) is 5.10 Å². The summed E-state index contributed by atoms with van der Waals surface area (Å²) in [6, 6.07) is 8.97. The van der Waals surface area contributed by atoms with Crippen molar-refractivity contribution in [1.29, 1.82) is 0 Å². The van der Waals surface area contributed by atoms with Crippen LogP contribution in [0.25, 0.3) is 5.69 Å². The predicted molar refractivity (Wildman–Crippen MR) is 79.1 cm³/mol. The minimum absolute atomic E-state index is 0.0766. The van der Waals surface area contributed by atoms with Gasteiger partial charge in [0.1, 0.15) is 5.25 Å². The Balaban J connectivity index is 1.83. The van der Waals surface area contributed by atoms with Crippen LogP contribution in [-0.2, 0) is 13.8 Å². The number of rotatable bonds is 3. The van der Waals surface area contributed by atoms with Crippen molar-refractivity contribution in [2.45, 2.75) is 11.7 Å². The standard InChI is InChI=1S/C13H12ClN3O3S/c14-21(19,20)12-8-13(18)16(9-12)10-2-4-11(5-3-10)17-7-1-6-15-17/h1-7,12H,8-9H2. The Kier molecular flexibility index (Phi) is 3.46. The summed E-state index contributed by atoms with van der Waals surface area (Å²) in [7, 11) is 1.61. The number of halogens is 1. The number of hydrogen-bond donors (Lipinski definition) is 0. The number of nitrogens with zero attached hydrogens (tertiary/aromatic N) is 3. The molecule has 8 heteroatoms. The predicted octanol–water partition coefficient (Wildman–Crippen LogP) is 1.55. The highest BCUT2D eigenvalue weighted by molar-refractivity contribution is 8.14. The number of carbonyl (C=O) groups excluding carboxylic acids is 1. The molecule has 1 fully saturated rings. The number of hydrogen-bond acceptors (Lipinski definition) is 4.